The first-order valence-electron chi connectivity index (χ1n) is 21.9. The fourth-order valence-corrected chi connectivity index (χ4v) is 13.8. The molecule has 3 aliphatic carbocycles. The van der Waals surface area contributed by atoms with Gasteiger partial charge in [-0.3, -0.25) is 4.99 Å². The monoisotopic (exact) mass is 807 g/mol. The third-order valence-corrected chi connectivity index (χ3v) is 16.2. The molecule has 1 fully saturated rings. The zero-order valence-corrected chi connectivity index (χ0v) is 35.4. The molecule has 1 aromatic heterocycles. The summed E-state index contributed by atoms with van der Waals surface area (Å²) in [4.78, 5) is 5.76. The highest BCUT2D eigenvalue weighted by Gasteiger charge is 2.51. The van der Waals surface area contributed by atoms with Crippen LogP contribution < -0.4 is 5.73 Å². The Hall–Kier alpha value is -5.72. The Bertz CT molecular complexity index is 2860. The predicted octanol–water partition coefficient (Wildman–Crippen LogP) is 12.4. The Morgan fingerprint density at radius 1 is 0.850 bits per heavy atom. The third kappa shape index (κ3) is 6.79. The van der Waals surface area contributed by atoms with Crippen LogP contribution >= 0.6 is 0 Å². The molecule has 10 rings (SSSR count). The van der Waals surface area contributed by atoms with Crippen LogP contribution in [-0.2, 0) is 22.8 Å². The Morgan fingerprint density at radius 3 is 2.48 bits per heavy atom. The molecular formula is C54H53N3O2S. The lowest BCUT2D eigenvalue weighted by molar-refractivity contribution is 0.276. The van der Waals surface area contributed by atoms with Gasteiger partial charge in [-0.1, -0.05) is 135 Å². The molecule has 2 N–H and O–H groups in total. The van der Waals surface area contributed by atoms with E-state index in [9.17, 15) is 8.42 Å². The maximum atomic E-state index is 14.6. The van der Waals surface area contributed by atoms with Crippen molar-refractivity contribution in [3.63, 3.8) is 0 Å². The SMILES string of the molecule is C[C@@H]1CC2c3cccc(-c4ccccc4-n4c5c(c6ccccc64)CC(c4cccc(CN=C(/C=C(\N)c6ccccc6)C6=CCCCC6)c4)C=C5)c3S(=O)(=O)C2[C@H](C)C1. The molecular weight excluding hydrogens is 755 g/mol. The average Bonchev–Trinajstić information content (AvgIpc) is 3.73. The summed E-state index contributed by atoms with van der Waals surface area (Å²) >= 11 is 0. The van der Waals surface area contributed by atoms with Gasteiger partial charge in [0.25, 0.3) is 0 Å². The van der Waals surface area contributed by atoms with Gasteiger partial charge >= 0.3 is 0 Å². The van der Waals surface area contributed by atoms with Crippen LogP contribution in [0.2, 0.25) is 0 Å². The van der Waals surface area contributed by atoms with E-state index in [4.69, 9.17) is 10.7 Å². The summed E-state index contributed by atoms with van der Waals surface area (Å²) in [6.07, 6.45) is 16.3. The van der Waals surface area contributed by atoms with Crippen molar-refractivity contribution in [2.45, 2.75) is 87.3 Å². The summed E-state index contributed by atoms with van der Waals surface area (Å²) in [5.74, 6) is 0.879. The molecule has 5 aromatic carbocycles. The third-order valence-electron chi connectivity index (χ3n) is 13.7. The molecule has 0 radical (unpaired) electrons. The van der Waals surface area contributed by atoms with E-state index in [1.165, 1.54) is 40.5 Å². The lowest BCUT2D eigenvalue weighted by Gasteiger charge is -2.34. The first-order chi connectivity index (χ1) is 29.3. The molecule has 0 spiro atoms. The highest BCUT2D eigenvalue weighted by Crippen LogP contribution is 2.54. The second-order valence-electron chi connectivity index (χ2n) is 17.7. The summed E-state index contributed by atoms with van der Waals surface area (Å²) in [7, 11) is -3.52. The van der Waals surface area contributed by atoms with Gasteiger partial charge in [0, 0.05) is 39.7 Å². The number of aromatic nitrogens is 1. The van der Waals surface area contributed by atoms with Gasteiger partial charge in [0.05, 0.1) is 33.6 Å². The molecule has 4 aliphatic rings. The number of hydrogen-bond acceptors (Lipinski definition) is 4. The van der Waals surface area contributed by atoms with Crippen molar-refractivity contribution in [1.82, 2.24) is 4.57 Å². The standard InChI is InChI=1S/C54H53N3O2S/c1-35-29-36(2)53-47(30-35)45-24-14-23-44(54(45)60(53,58)59)42-21-9-11-25-50(42)57-51-26-12-10-22-43(51)46-32-41(27-28-52(46)57)40-20-13-15-37(31-40)34-56-49(39-18-7-4-8-19-39)33-48(55)38-16-5-3-6-17-38/h3,5-6,9-18,20-28,31,33,35-36,41,47,53H,4,7-8,19,29-30,32,34,55H2,1-2H3/b48-33-,56-49?/t35-,36+,41?,47?,53?/m0/s1. The lowest BCUT2D eigenvalue weighted by atomic mass is 9.73. The summed E-state index contributed by atoms with van der Waals surface area (Å²) in [5.41, 5.74) is 20.5. The molecule has 5 atom stereocenters. The van der Waals surface area contributed by atoms with Gasteiger partial charge in [-0.2, -0.15) is 0 Å². The molecule has 0 saturated heterocycles. The van der Waals surface area contributed by atoms with Crippen molar-refractivity contribution in [3.05, 3.63) is 179 Å². The van der Waals surface area contributed by atoms with E-state index in [1.54, 1.807) is 0 Å². The van der Waals surface area contributed by atoms with E-state index >= 15 is 0 Å². The van der Waals surface area contributed by atoms with Crippen molar-refractivity contribution in [2.75, 3.05) is 0 Å². The number of rotatable bonds is 8. The zero-order valence-electron chi connectivity index (χ0n) is 34.6. The molecule has 3 unspecified atom stereocenters. The number of fused-ring (bicyclic) bond motifs is 6. The Labute approximate surface area is 355 Å². The van der Waals surface area contributed by atoms with Gasteiger partial charge in [0.2, 0.25) is 0 Å². The maximum Gasteiger partial charge on any atom is 0.182 e. The quantitative estimate of drug-likeness (QED) is 0.156. The van der Waals surface area contributed by atoms with Gasteiger partial charge in [-0.05, 0) is 114 Å². The zero-order chi connectivity index (χ0) is 41.0. The number of aliphatic imine (C=N–C) groups is 1. The van der Waals surface area contributed by atoms with Crippen LogP contribution in [0.5, 0.6) is 0 Å². The highest BCUT2D eigenvalue weighted by atomic mass is 32.2. The number of nitrogens with two attached hydrogens (primary N) is 1. The summed E-state index contributed by atoms with van der Waals surface area (Å²) in [5, 5.41) is 0.874. The highest BCUT2D eigenvalue weighted by molar-refractivity contribution is 7.92. The number of para-hydroxylation sites is 2. The van der Waals surface area contributed by atoms with E-state index in [1.807, 2.05) is 42.5 Å². The lowest BCUT2D eigenvalue weighted by Crippen LogP contribution is -2.35. The topological polar surface area (TPSA) is 77.5 Å². The van der Waals surface area contributed by atoms with Crippen molar-refractivity contribution < 1.29 is 8.42 Å². The second kappa shape index (κ2) is 15.7. The van der Waals surface area contributed by atoms with Crippen molar-refractivity contribution in [2.24, 2.45) is 22.6 Å². The van der Waals surface area contributed by atoms with E-state index in [0.717, 1.165) is 82.7 Å². The molecule has 5 nitrogen and oxygen atoms in total. The number of sulfone groups is 1. The molecule has 1 aliphatic heterocycles. The molecule has 60 heavy (non-hydrogen) atoms. The molecule has 6 heteroatoms. The number of hydrogen-bond donors (Lipinski definition) is 1. The smallest absolute Gasteiger partial charge is 0.182 e. The normalized spacial score (nSPS) is 23.5. The van der Waals surface area contributed by atoms with Gasteiger partial charge in [-0.25, -0.2) is 8.42 Å². The fraction of sp³-hybridized carbons (Fsp3) is 0.278. The molecule has 0 bridgehead atoms. The minimum Gasteiger partial charge on any atom is -0.398 e. The van der Waals surface area contributed by atoms with Crippen molar-refractivity contribution in [3.8, 4) is 16.8 Å². The Kier molecular flexibility index (Phi) is 10.1. The number of nitrogens with zero attached hydrogens (tertiary/aromatic N) is 2. The minimum absolute atomic E-state index is 0.0489. The largest absolute Gasteiger partial charge is 0.398 e. The minimum atomic E-state index is -3.52. The summed E-state index contributed by atoms with van der Waals surface area (Å²) in [6.45, 7) is 4.99. The van der Waals surface area contributed by atoms with Crippen LogP contribution in [0.4, 0.5) is 0 Å². The Balaban J connectivity index is 0.999. The maximum absolute atomic E-state index is 14.6. The molecule has 0 amide bonds. The Morgan fingerprint density at radius 2 is 1.63 bits per heavy atom. The summed E-state index contributed by atoms with van der Waals surface area (Å²) < 4.78 is 31.5. The van der Waals surface area contributed by atoms with E-state index < -0.39 is 9.84 Å². The van der Waals surface area contributed by atoms with Crippen LogP contribution in [0.25, 0.3) is 39.5 Å². The van der Waals surface area contributed by atoms with E-state index in [0.29, 0.717) is 17.4 Å². The predicted molar refractivity (Wildman–Crippen MR) is 248 cm³/mol. The van der Waals surface area contributed by atoms with Crippen molar-refractivity contribution in [1.29, 1.82) is 0 Å². The van der Waals surface area contributed by atoms with Gasteiger partial charge < -0.3 is 10.3 Å². The van der Waals surface area contributed by atoms with Crippen LogP contribution in [-0.4, -0.2) is 23.9 Å². The van der Waals surface area contributed by atoms with E-state index in [2.05, 4.69) is 122 Å². The van der Waals surface area contributed by atoms with E-state index in [-0.39, 0.29) is 23.0 Å². The summed E-state index contributed by atoms with van der Waals surface area (Å²) in [6, 6.07) is 42.3. The van der Waals surface area contributed by atoms with Crippen LogP contribution in [0, 0.1) is 11.8 Å². The van der Waals surface area contributed by atoms with Gasteiger partial charge in [0.1, 0.15) is 0 Å². The molecule has 302 valence electrons. The van der Waals surface area contributed by atoms with Gasteiger partial charge in [0.15, 0.2) is 9.84 Å². The van der Waals surface area contributed by atoms with Crippen LogP contribution in [0.15, 0.2) is 155 Å². The fourth-order valence-electron chi connectivity index (χ4n) is 11.0. The molecule has 6 aromatic rings. The molecule has 2 heterocycles. The molecule has 1 saturated carbocycles. The first kappa shape index (κ1) is 38.5. The van der Waals surface area contributed by atoms with Crippen LogP contribution in [0.3, 0.4) is 0 Å². The number of benzene rings is 5. The van der Waals surface area contributed by atoms with Gasteiger partial charge in [-0.15, -0.1) is 0 Å². The second-order valence-corrected chi connectivity index (χ2v) is 19.7. The first-order valence-corrected chi connectivity index (χ1v) is 23.4. The average molecular weight is 808 g/mol. The van der Waals surface area contributed by atoms with Crippen LogP contribution in [0.1, 0.15) is 97.7 Å². The number of allylic oxidation sites excluding steroid dienone is 4. The van der Waals surface area contributed by atoms with Crippen molar-refractivity contribution >= 4 is 38.2 Å².